The summed E-state index contributed by atoms with van der Waals surface area (Å²) < 4.78 is 5.32. The predicted octanol–water partition coefficient (Wildman–Crippen LogP) is 1.06. The molecule has 4 nitrogen and oxygen atoms in total. The average molecular weight is 195 g/mol. The van der Waals surface area contributed by atoms with Crippen molar-refractivity contribution in [2.24, 2.45) is 11.7 Å². The van der Waals surface area contributed by atoms with E-state index >= 15 is 0 Å². The molecule has 2 heterocycles. The summed E-state index contributed by atoms with van der Waals surface area (Å²) in [4.78, 5) is 7.65. The lowest BCUT2D eigenvalue weighted by Gasteiger charge is -2.14. The summed E-state index contributed by atoms with van der Waals surface area (Å²) in [5, 5.41) is 0. The van der Waals surface area contributed by atoms with Gasteiger partial charge in [0.25, 0.3) is 0 Å². The van der Waals surface area contributed by atoms with Crippen molar-refractivity contribution in [2.45, 2.75) is 26.3 Å². The van der Waals surface area contributed by atoms with Crippen molar-refractivity contribution in [1.82, 2.24) is 9.97 Å². The van der Waals surface area contributed by atoms with Gasteiger partial charge in [0.05, 0.1) is 18.3 Å². The average Bonchev–Trinajstić information content (AvgIpc) is 2.76. The summed E-state index contributed by atoms with van der Waals surface area (Å²) in [6.45, 7) is 5.61. The Kier molecular flexibility index (Phi) is 2.56. The first kappa shape index (κ1) is 9.68. The van der Waals surface area contributed by atoms with Gasteiger partial charge in [-0.05, 0) is 20.3 Å². The molecular weight excluding hydrogens is 178 g/mol. The lowest BCUT2D eigenvalue weighted by molar-refractivity contribution is 0.180. The number of nitrogens with two attached hydrogens (primary N) is 1. The summed E-state index contributed by atoms with van der Waals surface area (Å²) in [6, 6.07) is -0.00935. The maximum atomic E-state index is 6.11. The lowest BCUT2D eigenvalue weighted by atomic mass is 9.99. The highest BCUT2D eigenvalue weighted by atomic mass is 16.5. The number of aromatic amines is 1. The number of nitrogens with one attached hydrogen (secondary N) is 1. The fourth-order valence-corrected chi connectivity index (χ4v) is 1.79. The fraction of sp³-hybridized carbons (Fsp3) is 0.700. The van der Waals surface area contributed by atoms with Crippen LogP contribution in [0.3, 0.4) is 0 Å². The normalized spacial score (nSPS) is 24.1. The van der Waals surface area contributed by atoms with E-state index < -0.39 is 0 Å². The zero-order valence-corrected chi connectivity index (χ0v) is 8.71. The van der Waals surface area contributed by atoms with Crippen LogP contribution in [0.5, 0.6) is 0 Å². The van der Waals surface area contributed by atoms with Gasteiger partial charge in [0, 0.05) is 18.2 Å². The van der Waals surface area contributed by atoms with Gasteiger partial charge >= 0.3 is 0 Å². The van der Waals surface area contributed by atoms with Crippen molar-refractivity contribution in [1.29, 1.82) is 0 Å². The second kappa shape index (κ2) is 3.71. The molecule has 0 radical (unpaired) electrons. The molecule has 1 fully saturated rings. The van der Waals surface area contributed by atoms with Gasteiger partial charge < -0.3 is 15.5 Å². The largest absolute Gasteiger partial charge is 0.381 e. The van der Waals surface area contributed by atoms with Crippen LogP contribution >= 0.6 is 0 Å². The van der Waals surface area contributed by atoms with Crippen molar-refractivity contribution < 1.29 is 4.74 Å². The molecule has 1 saturated heterocycles. The van der Waals surface area contributed by atoms with Crippen LogP contribution in [0.15, 0.2) is 0 Å². The molecule has 1 aliphatic rings. The Bertz CT molecular complexity index is 296. The van der Waals surface area contributed by atoms with E-state index in [1.165, 1.54) is 0 Å². The Morgan fingerprint density at radius 3 is 2.86 bits per heavy atom. The SMILES string of the molecule is Cc1nc(C(N)C2CCOC2)[nH]c1C. The highest BCUT2D eigenvalue weighted by Gasteiger charge is 2.26. The number of hydrogen-bond donors (Lipinski definition) is 2. The standard InChI is InChI=1S/C10H17N3O/c1-6-7(2)13-10(12-6)9(11)8-3-4-14-5-8/h8-9H,3-5,11H2,1-2H3,(H,12,13). The molecule has 1 aromatic heterocycles. The molecule has 0 bridgehead atoms. The Balaban J connectivity index is 2.13. The van der Waals surface area contributed by atoms with Crippen LogP contribution in [0.25, 0.3) is 0 Å². The topological polar surface area (TPSA) is 63.9 Å². The van der Waals surface area contributed by atoms with Gasteiger partial charge in [-0.25, -0.2) is 4.98 Å². The minimum atomic E-state index is -0.00935. The lowest BCUT2D eigenvalue weighted by Crippen LogP contribution is -2.22. The van der Waals surface area contributed by atoms with Gasteiger partial charge in [-0.3, -0.25) is 0 Å². The minimum Gasteiger partial charge on any atom is -0.381 e. The number of aryl methyl sites for hydroxylation is 2. The summed E-state index contributed by atoms with van der Waals surface area (Å²) in [6.07, 6.45) is 1.04. The second-order valence-corrected chi connectivity index (χ2v) is 3.98. The third-order valence-electron chi connectivity index (χ3n) is 2.93. The van der Waals surface area contributed by atoms with Crippen molar-refractivity contribution in [3.63, 3.8) is 0 Å². The molecule has 2 atom stereocenters. The number of ether oxygens (including phenoxy) is 1. The number of hydrogen-bond acceptors (Lipinski definition) is 3. The third-order valence-corrected chi connectivity index (χ3v) is 2.93. The van der Waals surface area contributed by atoms with Crippen molar-refractivity contribution in [3.05, 3.63) is 17.2 Å². The number of nitrogens with zero attached hydrogens (tertiary/aromatic N) is 1. The highest BCUT2D eigenvalue weighted by Crippen LogP contribution is 2.25. The monoisotopic (exact) mass is 195 g/mol. The molecule has 0 spiro atoms. The smallest absolute Gasteiger partial charge is 0.123 e. The van der Waals surface area contributed by atoms with E-state index in [2.05, 4.69) is 9.97 Å². The maximum absolute atomic E-state index is 6.11. The summed E-state index contributed by atoms with van der Waals surface area (Å²) >= 11 is 0. The first-order chi connectivity index (χ1) is 6.68. The predicted molar refractivity (Wildman–Crippen MR) is 53.9 cm³/mol. The van der Waals surface area contributed by atoms with Gasteiger partial charge in [-0.15, -0.1) is 0 Å². The van der Waals surface area contributed by atoms with Crippen LogP contribution in [-0.2, 0) is 4.74 Å². The number of aromatic nitrogens is 2. The van der Waals surface area contributed by atoms with E-state index in [-0.39, 0.29) is 6.04 Å². The molecule has 0 amide bonds. The van der Waals surface area contributed by atoms with Crippen LogP contribution in [0.4, 0.5) is 0 Å². The molecule has 4 heteroatoms. The zero-order chi connectivity index (χ0) is 10.1. The number of imidazole rings is 1. The number of rotatable bonds is 2. The molecule has 1 aliphatic heterocycles. The Morgan fingerprint density at radius 1 is 1.57 bits per heavy atom. The molecule has 14 heavy (non-hydrogen) atoms. The van der Waals surface area contributed by atoms with Crippen LogP contribution in [0.2, 0.25) is 0 Å². The van der Waals surface area contributed by atoms with Crippen molar-refractivity contribution >= 4 is 0 Å². The van der Waals surface area contributed by atoms with Crippen LogP contribution in [0, 0.1) is 19.8 Å². The first-order valence-electron chi connectivity index (χ1n) is 5.05. The van der Waals surface area contributed by atoms with E-state index in [1.54, 1.807) is 0 Å². The molecule has 2 rings (SSSR count). The second-order valence-electron chi connectivity index (χ2n) is 3.98. The third kappa shape index (κ3) is 1.67. The fourth-order valence-electron chi connectivity index (χ4n) is 1.79. The maximum Gasteiger partial charge on any atom is 0.123 e. The Morgan fingerprint density at radius 2 is 2.36 bits per heavy atom. The molecule has 2 unspecified atom stereocenters. The highest BCUT2D eigenvalue weighted by molar-refractivity contribution is 5.13. The summed E-state index contributed by atoms with van der Waals surface area (Å²) in [5.74, 6) is 1.32. The molecule has 0 saturated carbocycles. The molecule has 0 aromatic carbocycles. The summed E-state index contributed by atoms with van der Waals surface area (Å²) in [5.41, 5.74) is 8.25. The van der Waals surface area contributed by atoms with E-state index in [1.807, 2.05) is 13.8 Å². The van der Waals surface area contributed by atoms with E-state index in [0.29, 0.717) is 5.92 Å². The molecular formula is C10H17N3O. The van der Waals surface area contributed by atoms with Gasteiger partial charge in [-0.1, -0.05) is 0 Å². The van der Waals surface area contributed by atoms with Crippen LogP contribution in [-0.4, -0.2) is 23.2 Å². The molecule has 3 N–H and O–H groups in total. The van der Waals surface area contributed by atoms with Crippen molar-refractivity contribution in [2.75, 3.05) is 13.2 Å². The molecule has 0 aliphatic carbocycles. The molecule has 1 aromatic rings. The first-order valence-corrected chi connectivity index (χ1v) is 5.05. The van der Waals surface area contributed by atoms with E-state index in [0.717, 1.165) is 36.8 Å². The van der Waals surface area contributed by atoms with Crippen molar-refractivity contribution in [3.8, 4) is 0 Å². The van der Waals surface area contributed by atoms with E-state index in [9.17, 15) is 0 Å². The van der Waals surface area contributed by atoms with Crippen LogP contribution in [0.1, 0.15) is 29.7 Å². The van der Waals surface area contributed by atoms with Gasteiger partial charge in [-0.2, -0.15) is 0 Å². The minimum absolute atomic E-state index is 0.00935. The number of H-pyrrole nitrogens is 1. The van der Waals surface area contributed by atoms with Gasteiger partial charge in [0.15, 0.2) is 0 Å². The van der Waals surface area contributed by atoms with Crippen LogP contribution < -0.4 is 5.73 Å². The quantitative estimate of drug-likeness (QED) is 0.741. The van der Waals surface area contributed by atoms with Gasteiger partial charge in [0.2, 0.25) is 0 Å². The summed E-state index contributed by atoms with van der Waals surface area (Å²) in [7, 11) is 0. The van der Waals surface area contributed by atoms with Gasteiger partial charge in [0.1, 0.15) is 5.82 Å². The van der Waals surface area contributed by atoms with E-state index in [4.69, 9.17) is 10.5 Å². The molecule has 78 valence electrons. The Labute approximate surface area is 83.9 Å². The zero-order valence-electron chi connectivity index (χ0n) is 8.71. The Hall–Kier alpha value is -0.870.